The molecule has 2 fully saturated rings. The summed E-state index contributed by atoms with van der Waals surface area (Å²) in [4.78, 5) is 14.1. The van der Waals surface area contributed by atoms with E-state index in [0.717, 1.165) is 57.1 Å². The van der Waals surface area contributed by atoms with Crippen LogP contribution in [0.15, 0.2) is 77.5 Å². The Kier molecular flexibility index (Phi) is 12.5. The summed E-state index contributed by atoms with van der Waals surface area (Å²) in [6.07, 6.45) is 19.5. The van der Waals surface area contributed by atoms with E-state index in [1.54, 1.807) is 10.8 Å². The minimum absolute atomic E-state index is 0. The molecule has 0 saturated heterocycles. The molecule has 0 atom stereocenters. The molecule has 6 aromatic rings. The molecule has 2 aliphatic rings. The summed E-state index contributed by atoms with van der Waals surface area (Å²) in [5, 5.41) is 3.71. The zero-order valence-electron chi connectivity index (χ0n) is 32.7. The molecular weight excluding hydrogens is 843 g/mol. The van der Waals surface area contributed by atoms with E-state index >= 15 is 0 Å². The van der Waals surface area contributed by atoms with Crippen LogP contribution in [0.2, 0.25) is 19.6 Å². The second-order valence-electron chi connectivity index (χ2n) is 16.9. The van der Waals surface area contributed by atoms with Crippen molar-refractivity contribution in [2.75, 3.05) is 0 Å². The van der Waals surface area contributed by atoms with Gasteiger partial charge in [0.15, 0.2) is 0 Å². The van der Waals surface area contributed by atoms with Gasteiger partial charge in [-0.25, -0.2) is 0 Å². The minimum Gasteiger partial charge on any atom is -0.482 e. The molecular formula is C47H55IrN3OSi-2. The van der Waals surface area contributed by atoms with E-state index in [0.29, 0.717) is 17.5 Å². The molecule has 4 aromatic heterocycles. The summed E-state index contributed by atoms with van der Waals surface area (Å²) in [6.45, 7) is 16.2. The average Bonchev–Trinajstić information content (AvgIpc) is 3.93. The van der Waals surface area contributed by atoms with Crippen molar-refractivity contribution in [2.45, 2.75) is 123 Å². The van der Waals surface area contributed by atoms with Gasteiger partial charge in [0.05, 0.1) is 8.07 Å². The molecule has 2 aliphatic carbocycles. The van der Waals surface area contributed by atoms with Crippen molar-refractivity contribution in [3.63, 3.8) is 0 Å². The second-order valence-corrected chi connectivity index (χ2v) is 22.0. The number of rotatable bonds is 8. The Morgan fingerprint density at radius 2 is 1.45 bits per heavy atom. The maximum absolute atomic E-state index is 6.14. The molecule has 4 nitrogen and oxygen atoms in total. The molecule has 6 heteroatoms. The summed E-state index contributed by atoms with van der Waals surface area (Å²) in [7, 11) is -1.34. The predicted molar refractivity (Wildman–Crippen MR) is 220 cm³/mol. The molecule has 2 aromatic carbocycles. The molecule has 279 valence electrons. The first-order valence-electron chi connectivity index (χ1n) is 19.8. The first kappa shape index (κ1) is 39.3. The van der Waals surface area contributed by atoms with Crippen LogP contribution in [0.1, 0.15) is 119 Å². The van der Waals surface area contributed by atoms with E-state index in [2.05, 4.69) is 126 Å². The van der Waals surface area contributed by atoms with E-state index in [1.165, 1.54) is 68.1 Å². The molecule has 0 unspecified atom stereocenters. The number of nitrogens with zero attached hydrogens (tertiary/aromatic N) is 3. The van der Waals surface area contributed by atoms with Crippen LogP contribution in [0.5, 0.6) is 0 Å². The number of para-hydroxylation sites is 1. The monoisotopic (exact) mass is 898 g/mol. The Bertz CT molecular complexity index is 2140. The Balaban J connectivity index is 0.000000191. The van der Waals surface area contributed by atoms with Gasteiger partial charge in [-0.1, -0.05) is 122 Å². The fourth-order valence-electron chi connectivity index (χ4n) is 8.49. The first-order valence-corrected chi connectivity index (χ1v) is 23.3. The minimum atomic E-state index is -1.34. The van der Waals surface area contributed by atoms with Crippen molar-refractivity contribution in [3.05, 3.63) is 108 Å². The van der Waals surface area contributed by atoms with Gasteiger partial charge in [0.1, 0.15) is 11.3 Å². The van der Waals surface area contributed by atoms with Crippen molar-refractivity contribution in [2.24, 2.45) is 5.92 Å². The normalized spacial score (nSPS) is 15.3. The Morgan fingerprint density at radius 1 is 0.755 bits per heavy atom. The quantitative estimate of drug-likeness (QED) is 0.113. The number of benzene rings is 2. The van der Waals surface area contributed by atoms with Gasteiger partial charge >= 0.3 is 0 Å². The Labute approximate surface area is 332 Å². The molecule has 0 amide bonds. The molecule has 53 heavy (non-hydrogen) atoms. The van der Waals surface area contributed by atoms with Gasteiger partial charge in [0.2, 0.25) is 0 Å². The molecule has 1 radical (unpaired) electrons. The van der Waals surface area contributed by atoms with Crippen LogP contribution in [0.3, 0.4) is 0 Å². The van der Waals surface area contributed by atoms with Gasteiger partial charge in [-0.15, -0.1) is 47.5 Å². The summed E-state index contributed by atoms with van der Waals surface area (Å²) in [6, 6.07) is 24.6. The number of fused-ring (bicyclic) bond motifs is 3. The van der Waals surface area contributed by atoms with Crippen LogP contribution in [-0.2, 0) is 26.5 Å². The van der Waals surface area contributed by atoms with Crippen molar-refractivity contribution in [1.82, 2.24) is 15.0 Å². The number of hydrogen-bond donors (Lipinski definition) is 0. The van der Waals surface area contributed by atoms with E-state index < -0.39 is 8.07 Å². The third-order valence-electron chi connectivity index (χ3n) is 11.4. The zero-order chi connectivity index (χ0) is 36.4. The van der Waals surface area contributed by atoms with Crippen LogP contribution in [0.25, 0.3) is 44.6 Å². The maximum Gasteiger partial charge on any atom is 0.141 e. The largest absolute Gasteiger partial charge is 0.482 e. The standard InChI is InChI=1S/C28H31N2O.C19H24NSi.Ir/c1-17(2)22-10-7-11-23-24-13-21(15-30-28(24)31-27(22)23)26-14-20(12-19-8-5-6-9-19)25(16-29-26)18(3)4;1-21(2,3)19-14-20-18(16-11-5-4-6-12-16)13-17(19)15-9-7-8-10-15;/h7,10-11,13-14,16-19H,5-6,8-9,12H2,1-4H3;4-6,11,13-15H,7-10H2,1-3H3;/q2*-1;. The van der Waals surface area contributed by atoms with Crippen LogP contribution >= 0.6 is 0 Å². The Morgan fingerprint density at radius 3 is 2.13 bits per heavy atom. The number of furan rings is 1. The maximum atomic E-state index is 6.14. The smallest absolute Gasteiger partial charge is 0.141 e. The molecule has 2 saturated carbocycles. The van der Waals surface area contributed by atoms with Crippen LogP contribution in [0, 0.1) is 18.2 Å². The SMILES string of the molecule is CC(C)c1cnc(-c2[c-]nc3oc4c(C(C)C)cccc4c3c2)cc1CC1CCCC1.C[Si](C)(C)c1cnc(-c2[c-]cccc2)cc1C1CCCC1.[Ir]. The van der Waals surface area contributed by atoms with Crippen LogP contribution in [0.4, 0.5) is 0 Å². The van der Waals surface area contributed by atoms with Crippen molar-refractivity contribution in [3.8, 4) is 22.5 Å². The summed E-state index contributed by atoms with van der Waals surface area (Å²) < 4.78 is 6.14. The third kappa shape index (κ3) is 8.77. The second kappa shape index (κ2) is 16.9. The fourth-order valence-corrected chi connectivity index (χ4v) is 10.1. The number of pyridine rings is 3. The zero-order valence-corrected chi connectivity index (χ0v) is 36.1. The van der Waals surface area contributed by atoms with Crippen molar-refractivity contribution < 1.29 is 24.5 Å². The molecule has 0 bridgehead atoms. The van der Waals surface area contributed by atoms with E-state index in [1.807, 2.05) is 12.1 Å². The molecule has 0 aliphatic heterocycles. The van der Waals surface area contributed by atoms with Crippen LogP contribution in [-0.4, -0.2) is 23.0 Å². The first-order chi connectivity index (χ1) is 25.1. The van der Waals surface area contributed by atoms with Crippen molar-refractivity contribution >= 4 is 35.3 Å². The fraction of sp³-hybridized carbons (Fsp3) is 0.426. The molecule has 4 heterocycles. The van der Waals surface area contributed by atoms with E-state index in [4.69, 9.17) is 14.4 Å². The van der Waals surface area contributed by atoms with Crippen molar-refractivity contribution in [1.29, 1.82) is 0 Å². The number of hydrogen-bond acceptors (Lipinski definition) is 4. The summed E-state index contributed by atoms with van der Waals surface area (Å²) >= 11 is 0. The van der Waals surface area contributed by atoms with E-state index in [-0.39, 0.29) is 20.1 Å². The molecule has 8 rings (SSSR count). The van der Waals surface area contributed by atoms with Gasteiger partial charge in [-0.3, -0.25) is 0 Å². The van der Waals surface area contributed by atoms with Gasteiger partial charge in [0, 0.05) is 37.9 Å². The summed E-state index contributed by atoms with van der Waals surface area (Å²) in [5.41, 5.74) is 11.3. The number of aromatic nitrogens is 3. The van der Waals surface area contributed by atoms with Crippen LogP contribution < -0.4 is 5.19 Å². The molecule has 0 spiro atoms. The van der Waals surface area contributed by atoms with Gasteiger partial charge in [0.25, 0.3) is 0 Å². The van der Waals surface area contributed by atoms with E-state index in [9.17, 15) is 0 Å². The Hall–Kier alpha value is -3.44. The predicted octanol–water partition coefficient (Wildman–Crippen LogP) is 12.6. The third-order valence-corrected chi connectivity index (χ3v) is 13.4. The van der Waals surface area contributed by atoms with Gasteiger partial charge in [-0.05, 0) is 87.8 Å². The molecule has 0 N–H and O–H groups in total. The van der Waals surface area contributed by atoms with Gasteiger partial charge in [-0.2, -0.15) is 0 Å². The summed E-state index contributed by atoms with van der Waals surface area (Å²) in [5.74, 6) is 2.44. The van der Waals surface area contributed by atoms with Gasteiger partial charge < -0.3 is 19.4 Å². The average molecular weight is 898 g/mol. The topological polar surface area (TPSA) is 51.8 Å².